The number of ether oxygens (including phenoxy) is 1. The number of Topliss-reactive ketones (excluding diaryl/α,β-unsaturated/α-hetero) is 1. The second-order valence-corrected chi connectivity index (χ2v) is 12.6. The summed E-state index contributed by atoms with van der Waals surface area (Å²) in [7, 11) is 0. The Morgan fingerprint density at radius 3 is 2.66 bits per heavy atom. The van der Waals surface area contributed by atoms with Gasteiger partial charge < -0.3 is 20.3 Å². The molecule has 194 valence electrons. The van der Waals surface area contributed by atoms with Gasteiger partial charge in [0.2, 0.25) is 0 Å². The van der Waals surface area contributed by atoms with E-state index in [2.05, 4.69) is 39.1 Å². The first kappa shape index (κ1) is 25.2. The molecule has 3 N–H and O–H groups in total. The highest BCUT2D eigenvalue weighted by Gasteiger charge is 2.63. The maximum atomic E-state index is 14.1. The number of piperidine rings is 1. The number of ketones is 1. The van der Waals surface area contributed by atoms with Crippen LogP contribution in [-0.4, -0.2) is 52.4 Å². The van der Waals surface area contributed by atoms with Crippen molar-refractivity contribution in [2.24, 2.45) is 35.0 Å². The van der Waals surface area contributed by atoms with Crippen LogP contribution in [0.2, 0.25) is 0 Å². The molecular formula is C29H43NO5. The normalized spacial score (nSPS) is 48.3. The number of fused-ring (bicyclic) bond motifs is 6. The average Bonchev–Trinajstić information content (AvgIpc) is 3.23. The third kappa shape index (κ3) is 3.77. The molecule has 0 bridgehead atoms. The van der Waals surface area contributed by atoms with Gasteiger partial charge in [0.05, 0.1) is 17.8 Å². The van der Waals surface area contributed by atoms with Gasteiger partial charge in [0.1, 0.15) is 0 Å². The number of aliphatic hydroxyl groups excluding tert-OH is 1. The lowest BCUT2D eigenvalue weighted by molar-refractivity contribution is -0.134. The monoisotopic (exact) mass is 485 g/mol. The molecule has 2 aliphatic heterocycles. The second-order valence-electron chi connectivity index (χ2n) is 12.6. The largest absolute Gasteiger partial charge is 0.481 e. The number of nitrogens with one attached hydrogen (secondary N) is 1. The number of carboxylic acids is 1. The molecule has 6 nitrogen and oxygen atoms in total. The van der Waals surface area contributed by atoms with Gasteiger partial charge in [-0.15, -0.1) is 0 Å². The molecular weight excluding hydrogens is 442 g/mol. The van der Waals surface area contributed by atoms with Gasteiger partial charge in [-0.1, -0.05) is 32.4 Å². The van der Waals surface area contributed by atoms with Crippen molar-refractivity contribution in [1.82, 2.24) is 5.32 Å². The van der Waals surface area contributed by atoms with Crippen LogP contribution in [0.3, 0.4) is 0 Å². The van der Waals surface area contributed by atoms with Crippen LogP contribution < -0.4 is 5.32 Å². The van der Waals surface area contributed by atoms with Crippen LogP contribution in [0, 0.1) is 35.0 Å². The van der Waals surface area contributed by atoms with Gasteiger partial charge in [0.15, 0.2) is 5.78 Å². The zero-order valence-corrected chi connectivity index (χ0v) is 22.0. The topological polar surface area (TPSA) is 95.9 Å². The summed E-state index contributed by atoms with van der Waals surface area (Å²) >= 11 is 0. The maximum Gasteiger partial charge on any atom is 0.300 e. The molecule has 6 heteroatoms. The Bertz CT molecular complexity index is 966. The lowest BCUT2D eigenvalue weighted by Gasteiger charge is -2.48. The number of aliphatic carboxylic acids is 1. The standard InChI is InChI=1S/C27H39NO3.C2H4O2/c1-14-11-21-24(28-13-14)16(3)27(31-21)10-8-19-20-6-5-17-12-18(29)7-9-26(17,4)23(20)25(30)22(19)15(27)2;1-2(3)4/h5,14,16,18-21,23-24,28-29H,6-13H2,1-4H3;1H3,(H,3,4)/t14?,16?,18?,19?,20?,21-,23?,24+,26?,27+;/m1./s1. The van der Waals surface area contributed by atoms with E-state index in [-0.39, 0.29) is 29.1 Å². The summed E-state index contributed by atoms with van der Waals surface area (Å²) in [6, 6.07) is 0.410. The van der Waals surface area contributed by atoms with Crippen LogP contribution in [-0.2, 0) is 14.3 Å². The fourth-order valence-electron chi connectivity index (χ4n) is 8.93. The van der Waals surface area contributed by atoms with Gasteiger partial charge in [-0.05, 0) is 87.2 Å². The number of allylic oxidation sites excluding steroid dienone is 2. The van der Waals surface area contributed by atoms with Crippen molar-refractivity contribution >= 4 is 11.8 Å². The van der Waals surface area contributed by atoms with Crippen molar-refractivity contribution in [2.45, 2.75) is 103 Å². The number of hydrogen-bond acceptors (Lipinski definition) is 5. The van der Waals surface area contributed by atoms with Crippen molar-refractivity contribution in [3.8, 4) is 0 Å². The summed E-state index contributed by atoms with van der Waals surface area (Å²) in [5, 5.41) is 21.4. The van der Waals surface area contributed by atoms with Gasteiger partial charge >= 0.3 is 0 Å². The molecule has 0 aromatic rings. The minimum absolute atomic E-state index is 0.0653. The Hall–Kier alpha value is -1.50. The number of aliphatic hydroxyl groups is 1. The van der Waals surface area contributed by atoms with Crippen LogP contribution in [0.4, 0.5) is 0 Å². The highest BCUT2D eigenvalue weighted by molar-refractivity contribution is 6.02. The molecule has 4 aliphatic carbocycles. The van der Waals surface area contributed by atoms with E-state index in [0.717, 1.165) is 64.0 Å². The first-order valence-corrected chi connectivity index (χ1v) is 13.7. The molecule has 2 heterocycles. The highest BCUT2D eigenvalue weighted by atomic mass is 16.5. The minimum atomic E-state index is -0.833. The van der Waals surface area contributed by atoms with Crippen molar-refractivity contribution in [2.75, 3.05) is 6.54 Å². The average molecular weight is 486 g/mol. The molecule has 0 aromatic carbocycles. The third-order valence-electron chi connectivity index (χ3n) is 10.6. The number of rotatable bonds is 0. The van der Waals surface area contributed by atoms with E-state index >= 15 is 0 Å². The van der Waals surface area contributed by atoms with Gasteiger partial charge in [0.25, 0.3) is 5.97 Å². The molecule has 2 saturated carbocycles. The van der Waals surface area contributed by atoms with E-state index in [0.29, 0.717) is 35.5 Å². The van der Waals surface area contributed by atoms with E-state index in [1.165, 1.54) is 11.1 Å². The lowest BCUT2D eigenvalue weighted by Crippen LogP contribution is -2.49. The summed E-state index contributed by atoms with van der Waals surface area (Å²) < 4.78 is 6.93. The molecule has 6 rings (SSSR count). The van der Waals surface area contributed by atoms with Crippen molar-refractivity contribution < 1.29 is 24.5 Å². The second kappa shape index (κ2) is 8.81. The molecule has 35 heavy (non-hydrogen) atoms. The molecule has 10 atom stereocenters. The molecule has 7 unspecified atom stereocenters. The van der Waals surface area contributed by atoms with Crippen LogP contribution >= 0.6 is 0 Å². The summed E-state index contributed by atoms with van der Waals surface area (Å²) in [6.45, 7) is 11.4. The summed E-state index contributed by atoms with van der Waals surface area (Å²) in [4.78, 5) is 23.1. The Morgan fingerprint density at radius 1 is 1.23 bits per heavy atom. The van der Waals surface area contributed by atoms with E-state index in [1.807, 2.05) is 0 Å². The summed E-state index contributed by atoms with van der Waals surface area (Å²) in [6.07, 6.45) is 9.23. The molecule has 0 aromatic heterocycles. The SMILES string of the molecule is CC(=O)O.CC1=C2C(=O)C3C(CC=C4CC(O)CCC43C)C2CC[C@]12O[C@@H]1CC(C)CN[C@H]1C2C. The van der Waals surface area contributed by atoms with Crippen molar-refractivity contribution in [1.29, 1.82) is 0 Å². The van der Waals surface area contributed by atoms with Crippen LogP contribution in [0.25, 0.3) is 0 Å². The van der Waals surface area contributed by atoms with E-state index < -0.39 is 5.97 Å². The minimum Gasteiger partial charge on any atom is -0.481 e. The zero-order chi connectivity index (χ0) is 25.3. The predicted molar refractivity (Wildman–Crippen MR) is 134 cm³/mol. The lowest BCUT2D eigenvalue weighted by atomic mass is 9.56. The zero-order valence-electron chi connectivity index (χ0n) is 22.0. The van der Waals surface area contributed by atoms with Gasteiger partial charge in [-0.2, -0.15) is 0 Å². The number of hydrogen-bond donors (Lipinski definition) is 3. The van der Waals surface area contributed by atoms with Gasteiger partial charge in [-0.3, -0.25) is 9.59 Å². The third-order valence-corrected chi connectivity index (χ3v) is 10.6. The van der Waals surface area contributed by atoms with Crippen LogP contribution in [0.5, 0.6) is 0 Å². The van der Waals surface area contributed by atoms with E-state index in [4.69, 9.17) is 14.6 Å². The molecule has 0 radical (unpaired) electrons. The maximum absolute atomic E-state index is 14.1. The Labute approximate surface area is 209 Å². The molecule has 4 fully saturated rings. The molecule has 2 saturated heterocycles. The molecule has 6 aliphatic rings. The Kier molecular flexibility index (Phi) is 6.33. The van der Waals surface area contributed by atoms with E-state index in [1.54, 1.807) is 0 Å². The quantitative estimate of drug-likeness (QED) is 0.444. The fraction of sp³-hybridized carbons (Fsp3) is 0.793. The fourth-order valence-corrected chi connectivity index (χ4v) is 8.93. The van der Waals surface area contributed by atoms with Gasteiger partial charge in [0, 0.05) is 30.4 Å². The Morgan fingerprint density at radius 2 is 1.94 bits per heavy atom. The summed E-state index contributed by atoms with van der Waals surface area (Å²) in [5.74, 6) is 1.58. The molecule has 0 amide bonds. The first-order valence-electron chi connectivity index (χ1n) is 13.7. The number of carbonyl (C=O) groups excluding carboxylic acids is 1. The summed E-state index contributed by atoms with van der Waals surface area (Å²) in [5.41, 5.74) is 3.43. The van der Waals surface area contributed by atoms with Crippen LogP contribution in [0.15, 0.2) is 22.8 Å². The van der Waals surface area contributed by atoms with Crippen molar-refractivity contribution in [3.05, 3.63) is 22.8 Å². The molecule has 1 spiro atoms. The van der Waals surface area contributed by atoms with Crippen molar-refractivity contribution in [3.63, 3.8) is 0 Å². The van der Waals surface area contributed by atoms with Gasteiger partial charge in [-0.25, -0.2) is 0 Å². The van der Waals surface area contributed by atoms with Crippen LogP contribution in [0.1, 0.15) is 79.6 Å². The highest BCUT2D eigenvalue weighted by Crippen LogP contribution is 2.63. The first-order chi connectivity index (χ1) is 16.5. The Balaban J connectivity index is 0.000000591. The smallest absolute Gasteiger partial charge is 0.300 e. The number of carboxylic acid groups (broad SMARTS) is 1. The van der Waals surface area contributed by atoms with E-state index in [9.17, 15) is 9.90 Å². The number of carbonyl (C=O) groups is 2. The predicted octanol–water partition coefficient (Wildman–Crippen LogP) is 4.27.